The number of hydrazine groups is 1. The molecule has 1 saturated heterocycles. The van der Waals surface area contributed by atoms with Crippen molar-refractivity contribution in [1.82, 2.24) is 9.91 Å². The molecular weight excluding hydrogens is 290 g/mol. The standard InChI is InChI=1S/C13H21N5O2S/c1-3-8(19)11-10(14)9(12(15)20)13(21-11)16-18-6-4-17(2)5-7-18/h16H,3-7,14H2,1-2H3,(H2,15,20). The number of piperazine rings is 1. The predicted octanol–water partition coefficient (Wildman–Crippen LogP) is 0.596. The fourth-order valence-electron chi connectivity index (χ4n) is 2.20. The number of hydrogen-bond acceptors (Lipinski definition) is 7. The molecule has 0 bridgehead atoms. The van der Waals surface area contributed by atoms with Crippen LogP contribution in [0.5, 0.6) is 0 Å². The summed E-state index contributed by atoms with van der Waals surface area (Å²) < 4.78 is 0. The van der Waals surface area contributed by atoms with Crippen molar-refractivity contribution >= 4 is 33.7 Å². The van der Waals surface area contributed by atoms with Crippen LogP contribution in [0.3, 0.4) is 0 Å². The summed E-state index contributed by atoms with van der Waals surface area (Å²) in [5, 5.41) is 2.57. The molecule has 0 atom stereocenters. The second-order valence-electron chi connectivity index (χ2n) is 5.09. The molecule has 0 unspecified atom stereocenters. The molecule has 21 heavy (non-hydrogen) atoms. The van der Waals surface area contributed by atoms with Crippen LogP contribution in [0.15, 0.2) is 0 Å². The summed E-state index contributed by atoms with van der Waals surface area (Å²) in [6, 6.07) is 0. The highest BCUT2D eigenvalue weighted by Gasteiger charge is 2.25. The molecule has 0 radical (unpaired) electrons. The highest BCUT2D eigenvalue weighted by Crippen LogP contribution is 2.36. The van der Waals surface area contributed by atoms with E-state index in [-0.39, 0.29) is 17.0 Å². The number of nitrogens with two attached hydrogens (primary N) is 2. The number of nitrogens with zero attached hydrogens (tertiary/aromatic N) is 2. The molecule has 5 N–H and O–H groups in total. The van der Waals surface area contributed by atoms with Gasteiger partial charge in [0.15, 0.2) is 5.78 Å². The zero-order valence-electron chi connectivity index (χ0n) is 12.3. The van der Waals surface area contributed by atoms with Crippen LogP contribution in [0.2, 0.25) is 0 Å². The average molecular weight is 311 g/mol. The lowest BCUT2D eigenvalue weighted by Crippen LogP contribution is -2.47. The van der Waals surface area contributed by atoms with Crippen molar-refractivity contribution in [2.75, 3.05) is 44.4 Å². The normalized spacial score (nSPS) is 16.9. The fourth-order valence-corrected chi connectivity index (χ4v) is 3.36. The number of nitrogens with one attached hydrogen (secondary N) is 1. The van der Waals surface area contributed by atoms with Crippen LogP contribution in [0.1, 0.15) is 33.4 Å². The van der Waals surface area contributed by atoms with E-state index in [2.05, 4.69) is 17.4 Å². The maximum Gasteiger partial charge on any atom is 0.253 e. The maximum atomic E-state index is 11.9. The van der Waals surface area contributed by atoms with Crippen LogP contribution in [-0.4, -0.2) is 54.8 Å². The number of amides is 1. The van der Waals surface area contributed by atoms with Crippen molar-refractivity contribution in [3.8, 4) is 0 Å². The van der Waals surface area contributed by atoms with Gasteiger partial charge in [-0.1, -0.05) is 6.92 Å². The third kappa shape index (κ3) is 3.34. The molecule has 0 aliphatic carbocycles. The van der Waals surface area contributed by atoms with E-state index in [9.17, 15) is 9.59 Å². The van der Waals surface area contributed by atoms with E-state index >= 15 is 0 Å². The van der Waals surface area contributed by atoms with Crippen molar-refractivity contribution in [3.05, 3.63) is 10.4 Å². The number of anilines is 2. The molecular formula is C13H21N5O2S. The summed E-state index contributed by atoms with van der Waals surface area (Å²) in [6.45, 7) is 5.27. The van der Waals surface area contributed by atoms with E-state index in [1.807, 2.05) is 5.01 Å². The molecule has 0 aromatic carbocycles. The molecule has 8 heteroatoms. The van der Waals surface area contributed by atoms with Gasteiger partial charge in [0.1, 0.15) is 5.00 Å². The Hall–Kier alpha value is -1.64. The fraction of sp³-hybridized carbons (Fsp3) is 0.538. The quantitative estimate of drug-likeness (QED) is 0.688. The molecule has 1 aliphatic heterocycles. The SMILES string of the molecule is CCC(=O)c1sc(NN2CCN(C)CC2)c(C(N)=O)c1N. The van der Waals surface area contributed by atoms with Gasteiger partial charge in [-0.2, -0.15) is 0 Å². The third-order valence-electron chi connectivity index (χ3n) is 3.53. The molecule has 2 heterocycles. The lowest BCUT2D eigenvalue weighted by molar-refractivity contribution is 0.0991. The number of likely N-dealkylation sites (N-methyl/N-ethyl adjacent to an activating group) is 1. The molecule has 1 aromatic heterocycles. The van der Waals surface area contributed by atoms with Crippen molar-refractivity contribution < 1.29 is 9.59 Å². The van der Waals surface area contributed by atoms with Crippen LogP contribution < -0.4 is 16.9 Å². The van der Waals surface area contributed by atoms with Crippen LogP contribution in [0.25, 0.3) is 0 Å². The number of hydrogen-bond donors (Lipinski definition) is 3. The van der Waals surface area contributed by atoms with E-state index in [0.29, 0.717) is 16.3 Å². The molecule has 1 aliphatic rings. The van der Waals surface area contributed by atoms with Crippen molar-refractivity contribution in [2.24, 2.45) is 5.73 Å². The Morgan fingerprint density at radius 3 is 2.43 bits per heavy atom. The first-order chi connectivity index (χ1) is 9.93. The molecule has 1 fully saturated rings. The van der Waals surface area contributed by atoms with Gasteiger partial charge in [0.25, 0.3) is 5.91 Å². The molecule has 0 spiro atoms. The lowest BCUT2D eigenvalue weighted by Gasteiger charge is -2.32. The number of ketones is 1. The Morgan fingerprint density at radius 1 is 1.29 bits per heavy atom. The Kier molecular flexibility index (Phi) is 4.81. The number of carbonyl (C=O) groups excluding carboxylic acids is 2. The molecule has 116 valence electrons. The van der Waals surface area contributed by atoms with E-state index in [4.69, 9.17) is 11.5 Å². The van der Waals surface area contributed by atoms with Gasteiger partial charge in [-0.3, -0.25) is 9.59 Å². The summed E-state index contributed by atoms with van der Waals surface area (Å²) in [4.78, 5) is 26.1. The van der Waals surface area contributed by atoms with Crippen LogP contribution in [-0.2, 0) is 0 Å². The average Bonchev–Trinajstić information content (AvgIpc) is 2.77. The van der Waals surface area contributed by atoms with Gasteiger partial charge in [0, 0.05) is 32.6 Å². The number of nitrogen functional groups attached to an aromatic ring is 1. The highest BCUT2D eigenvalue weighted by atomic mass is 32.1. The number of carbonyl (C=O) groups is 2. The van der Waals surface area contributed by atoms with Crippen molar-refractivity contribution in [3.63, 3.8) is 0 Å². The Morgan fingerprint density at radius 2 is 1.90 bits per heavy atom. The summed E-state index contributed by atoms with van der Waals surface area (Å²) in [7, 11) is 2.06. The Labute approximate surface area is 127 Å². The maximum absolute atomic E-state index is 11.9. The first-order valence-corrected chi connectivity index (χ1v) is 7.71. The molecule has 7 nitrogen and oxygen atoms in total. The van der Waals surface area contributed by atoms with E-state index in [0.717, 1.165) is 26.2 Å². The number of primary amides is 1. The van der Waals surface area contributed by atoms with E-state index in [1.54, 1.807) is 6.92 Å². The van der Waals surface area contributed by atoms with Crippen LogP contribution in [0, 0.1) is 0 Å². The minimum absolute atomic E-state index is 0.0774. The summed E-state index contributed by atoms with van der Waals surface area (Å²) in [6.07, 6.45) is 0.344. The van der Waals surface area contributed by atoms with Gasteiger partial charge in [0.05, 0.1) is 16.1 Å². The zero-order valence-corrected chi connectivity index (χ0v) is 13.1. The predicted molar refractivity (Wildman–Crippen MR) is 84.6 cm³/mol. The van der Waals surface area contributed by atoms with Crippen molar-refractivity contribution in [2.45, 2.75) is 13.3 Å². The van der Waals surface area contributed by atoms with Gasteiger partial charge >= 0.3 is 0 Å². The smallest absolute Gasteiger partial charge is 0.253 e. The molecule has 1 amide bonds. The van der Waals surface area contributed by atoms with Gasteiger partial charge < -0.3 is 21.8 Å². The van der Waals surface area contributed by atoms with Gasteiger partial charge in [0.2, 0.25) is 0 Å². The van der Waals surface area contributed by atoms with E-state index < -0.39 is 5.91 Å². The number of Topliss-reactive ketones (excluding diaryl/α,β-unsaturated/α-hetero) is 1. The topological polar surface area (TPSA) is 105 Å². The van der Waals surface area contributed by atoms with Crippen molar-refractivity contribution in [1.29, 1.82) is 0 Å². The first-order valence-electron chi connectivity index (χ1n) is 6.89. The Balaban J connectivity index is 2.25. The first kappa shape index (κ1) is 15.7. The molecule has 1 aromatic rings. The minimum Gasteiger partial charge on any atom is -0.397 e. The molecule has 2 rings (SSSR count). The minimum atomic E-state index is -0.615. The van der Waals surface area contributed by atoms with Crippen LogP contribution >= 0.6 is 11.3 Å². The largest absolute Gasteiger partial charge is 0.397 e. The lowest BCUT2D eigenvalue weighted by atomic mass is 10.1. The van der Waals surface area contributed by atoms with Gasteiger partial charge in [-0.15, -0.1) is 11.3 Å². The summed E-state index contributed by atoms with van der Waals surface area (Å²) in [5.41, 5.74) is 14.9. The highest BCUT2D eigenvalue weighted by molar-refractivity contribution is 7.19. The second kappa shape index (κ2) is 6.42. The number of thiophene rings is 1. The summed E-state index contributed by atoms with van der Waals surface area (Å²) >= 11 is 1.20. The van der Waals surface area contributed by atoms with Gasteiger partial charge in [-0.25, -0.2) is 5.01 Å². The second-order valence-corrected chi connectivity index (χ2v) is 6.11. The third-order valence-corrected chi connectivity index (χ3v) is 4.68. The Bertz CT molecular complexity index is 549. The summed E-state index contributed by atoms with van der Waals surface area (Å²) in [5.74, 6) is -0.693. The molecule has 0 saturated carbocycles. The zero-order chi connectivity index (χ0) is 15.6. The number of rotatable bonds is 5. The van der Waals surface area contributed by atoms with Gasteiger partial charge in [-0.05, 0) is 7.05 Å². The van der Waals surface area contributed by atoms with Crippen LogP contribution in [0.4, 0.5) is 10.7 Å². The van der Waals surface area contributed by atoms with E-state index in [1.165, 1.54) is 11.3 Å². The monoisotopic (exact) mass is 311 g/mol.